The van der Waals surface area contributed by atoms with Crippen LogP contribution in [-0.2, 0) is 12.8 Å². The molecule has 0 saturated carbocycles. The van der Waals surface area contributed by atoms with E-state index in [1.165, 1.54) is 35.9 Å². The minimum absolute atomic E-state index is 0.903. The Morgan fingerprint density at radius 2 is 2.23 bits per heavy atom. The molecule has 1 aliphatic rings. The monoisotopic (exact) mass is 236 g/mol. The number of H-pyrrole nitrogens is 1. The second-order valence-electron chi connectivity index (χ2n) is 3.47. The minimum atomic E-state index is 0.903. The quantitative estimate of drug-likeness (QED) is 0.701. The Hall–Kier alpha value is -0.830. The lowest BCUT2D eigenvalue weighted by atomic mass is 10.2. The van der Waals surface area contributed by atoms with Gasteiger partial charge in [-0.3, -0.25) is 0 Å². The summed E-state index contributed by atoms with van der Waals surface area (Å²) in [5.74, 6) is 0. The second kappa shape index (κ2) is 2.58. The van der Waals surface area contributed by atoms with Crippen molar-refractivity contribution in [1.29, 1.82) is 0 Å². The average Bonchev–Trinajstić information content (AvgIpc) is 2.62. The number of halogens is 1. The topological polar surface area (TPSA) is 28.7 Å². The molecular formula is C10H9BrN2. The van der Waals surface area contributed by atoms with Crippen molar-refractivity contribution in [3.63, 3.8) is 0 Å². The first-order chi connectivity index (χ1) is 6.34. The predicted molar refractivity (Wildman–Crippen MR) is 55.8 cm³/mol. The van der Waals surface area contributed by atoms with Crippen LogP contribution in [0.1, 0.15) is 17.7 Å². The van der Waals surface area contributed by atoms with Crippen molar-refractivity contribution in [3.8, 4) is 0 Å². The van der Waals surface area contributed by atoms with Crippen molar-refractivity contribution in [1.82, 2.24) is 9.97 Å². The second-order valence-corrected chi connectivity index (χ2v) is 4.28. The molecule has 0 spiro atoms. The van der Waals surface area contributed by atoms with Crippen molar-refractivity contribution >= 4 is 27.0 Å². The molecule has 0 radical (unpaired) electrons. The number of aromatic amines is 1. The third-order valence-corrected chi connectivity index (χ3v) is 3.12. The van der Waals surface area contributed by atoms with Crippen LogP contribution in [0, 0.1) is 0 Å². The summed E-state index contributed by atoms with van der Waals surface area (Å²) in [6.07, 6.45) is 3.68. The lowest BCUT2D eigenvalue weighted by molar-refractivity contribution is 0.897. The summed E-state index contributed by atoms with van der Waals surface area (Å²) in [7, 11) is 0. The third kappa shape index (κ3) is 1.03. The molecule has 0 atom stereocenters. The van der Waals surface area contributed by atoms with Gasteiger partial charge in [-0.2, -0.15) is 0 Å². The van der Waals surface area contributed by atoms with Crippen molar-refractivity contribution in [3.05, 3.63) is 28.0 Å². The highest BCUT2D eigenvalue weighted by Gasteiger charge is 2.16. The Morgan fingerprint density at radius 3 is 3.15 bits per heavy atom. The summed E-state index contributed by atoms with van der Waals surface area (Å²) in [5.41, 5.74) is 3.90. The Kier molecular flexibility index (Phi) is 1.50. The summed E-state index contributed by atoms with van der Waals surface area (Å²) >= 11 is 3.38. The van der Waals surface area contributed by atoms with Crippen molar-refractivity contribution in [2.24, 2.45) is 0 Å². The van der Waals surface area contributed by atoms with Gasteiger partial charge >= 0.3 is 0 Å². The Bertz CT molecular complexity index is 473. The van der Waals surface area contributed by atoms with Gasteiger partial charge in [0.15, 0.2) is 0 Å². The maximum absolute atomic E-state index is 4.40. The molecule has 1 N–H and O–H groups in total. The summed E-state index contributed by atoms with van der Waals surface area (Å²) in [6.45, 7) is 0. The molecule has 0 bridgehead atoms. The number of hydrogen-bond acceptors (Lipinski definition) is 1. The SMILES string of the molecule is Brc1ccc2c3c([nH]c2n1)CCC3. The molecule has 0 fully saturated rings. The van der Waals surface area contributed by atoms with Gasteiger partial charge in [0.25, 0.3) is 0 Å². The molecule has 3 rings (SSSR count). The molecule has 1 aliphatic carbocycles. The molecule has 13 heavy (non-hydrogen) atoms. The van der Waals surface area contributed by atoms with E-state index in [1.807, 2.05) is 6.07 Å². The molecule has 0 unspecified atom stereocenters. The molecule has 3 heteroatoms. The number of rotatable bonds is 0. The number of aromatic nitrogens is 2. The first-order valence-electron chi connectivity index (χ1n) is 4.50. The highest BCUT2D eigenvalue weighted by Crippen LogP contribution is 2.29. The molecular weight excluding hydrogens is 228 g/mol. The minimum Gasteiger partial charge on any atom is -0.343 e. The Morgan fingerprint density at radius 1 is 1.31 bits per heavy atom. The molecule has 0 aliphatic heterocycles. The lowest BCUT2D eigenvalue weighted by Gasteiger charge is -1.93. The van der Waals surface area contributed by atoms with Crippen LogP contribution in [0.3, 0.4) is 0 Å². The summed E-state index contributed by atoms with van der Waals surface area (Å²) in [4.78, 5) is 7.78. The smallest absolute Gasteiger partial charge is 0.139 e. The maximum Gasteiger partial charge on any atom is 0.139 e. The van der Waals surface area contributed by atoms with Crippen LogP contribution in [0.4, 0.5) is 0 Å². The summed E-state index contributed by atoms with van der Waals surface area (Å²) in [5, 5.41) is 1.30. The normalized spacial score (nSPS) is 15.2. The number of nitrogens with zero attached hydrogens (tertiary/aromatic N) is 1. The number of pyridine rings is 1. The molecule has 0 aromatic carbocycles. The van der Waals surface area contributed by atoms with Crippen LogP contribution >= 0.6 is 15.9 Å². The van der Waals surface area contributed by atoms with Crippen LogP contribution < -0.4 is 0 Å². The van der Waals surface area contributed by atoms with Gasteiger partial charge in [0, 0.05) is 11.1 Å². The van der Waals surface area contributed by atoms with Gasteiger partial charge in [-0.05, 0) is 52.9 Å². The highest BCUT2D eigenvalue weighted by atomic mass is 79.9. The predicted octanol–water partition coefficient (Wildman–Crippen LogP) is 2.81. The Balaban J connectivity index is 2.38. The molecule has 2 aromatic rings. The zero-order valence-electron chi connectivity index (χ0n) is 7.10. The van der Waals surface area contributed by atoms with E-state index in [-0.39, 0.29) is 0 Å². The van der Waals surface area contributed by atoms with Gasteiger partial charge in [0.2, 0.25) is 0 Å². The van der Waals surface area contributed by atoms with Gasteiger partial charge in [-0.15, -0.1) is 0 Å². The van der Waals surface area contributed by atoms with E-state index in [1.54, 1.807) is 0 Å². The van der Waals surface area contributed by atoms with Gasteiger partial charge in [-0.25, -0.2) is 4.98 Å². The standard InChI is InChI=1S/C10H9BrN2/c11-9-5-4-7-6-2-1-3-8(6)12-10(7)13-9/h4-5H,1-3H2,(H,12,13). The van der Waals surface area contributed by atoms with E-state index >= 15 is 0 Å². The molecule has 0 saturated heterocycles. The molecule has 2 aromatic heterocycles. The van der Waals surface area contributed by atoms with Crippen LogP contribution in [0.25, 0.3) is 11.0 Å². The summed E-state index contributed by atoms with van der Waals surface area (Å²) < 4.78 is 0.903. The van der Waals surface area contributed by atoms with Crippen LogP contribution in [0.2, 0.25) is 0 Å². The van der Waals surface area contributed by atoms with Crippen LogP contribution in [0.15, 0.2) is 16.7 Å². The molecule has 0 amide bonds. The fourth-order valence-corrected chi connectivity index (χ4v) is 2.41. The Labute approximate surface area is 84.5 Å². The number of fused-ring (bicyclic) bond motifs is 3. The molecule has 2 heterocycles. The fraction of sp³-hybridized carbons (Fsp3) is 0.300. The summed E-state index contributed by atoms with van der Waals surface area (Å²) in [6, 6.07) is 4.15. The van der Waals surface area contributed by atoms with Crippen LogP contribution in [-0.4, -0.2) is 9.97 Å². The van der Waals surface area contributed by atoms with E-state index in [9.17, 15) is 0 Å². The number of hydrogen-bond donors (Lipinski definition) is 1. The van der Waals surface area contributed by atoms with E-state index < -0.39 is 0 Å². The highest BCUT2D eigenvalue weighted by molar-refractivity contribution is 9.10. The maximum atomic E-state index is 4.40. The number of aryl methyl sites for hydroxylation is 2. The van der Waals surface area contributed by atoms with Crippen molar-refractivity contribution < 1.29 is 0 Å². The average molecular weight is 237 g/mol. The third-order valence-electron chi connectivity index (χ3n) is 2.67. The largest absolute Gasteiger partial charge is 0.343 e. The molecule has 66 valence electrons. The van der Waals surface area contributed by atoms with Gasteiger partial charge in [0.05, 0.1) is 0 Å². The van der Waals surface area contributed by atoms with E-state index in [0.717, 1.165) is 10.3 Å². The van der Waals surface area contributed by atoms with E-state index in [2.05, 4.69) is 32.0 Å². The van der Waals surface area contributed by atoms with Crippen LogP contribution in [0.5, 0.6) is 0 Å². The molecule has 2 nitrogen and oxygen atoms in total. The van der Waals surface area contributed by atoms with Gasteiger partial charge < -0.3 is 4.98 Å². The first-order valence-corrected chi connectivity index (χ1v) is 5.30. The van der Waals surface area contributed by atoms with Crippen molar-refractivity contribution in [2.75, 3.05) is 0 Å². The lowest BCUT2D eigenvalue weighted by Crippen LogP contribution is -1.80. The van der Waals surface area contributed by atoms with Gasteiger partial charge in [0.1, 0.15) is 10.3 Å². The zero-order valence-corrected chi connectivity index (χ0v) is 8.69. The zero-order chi connectivity index (χ0) is 8.84. The van der Waals surface area contributed by atoms with Crippen molar-refractivity contribution in [2.45, 2.75) is 19.3 Å². The number of nitrogens with one attached hydrogen (secondary N) is 1. The van der Waals surface area contributed by atoms with E-state index in [4.69, 9.17) is 0 Å². The van der Waals surface area contributed by atoms with Gasteiger partial charge in [-0.1, -0.05) is 0 Å². The first kappa shape index (κ1) is 7.56. The fourth-order valence-electron chi connectivity index (χ4n) is 2.10. The van der Waals surface area contributed by atoms with E-state index in [0.29, 0.717) is 0 Å².